The van der Waals surface area contributed by atoms with Gasteiger partial charge in [0.25, 0.3) is 5.91 Å². The number of furan rings is 1. The van der Waals surface area contributed by atoms with E-state index in [0.29, 0.717) is 21.6 Å². The number of fused-ring (bicyclic) bond motifs is 1. The summed E-state index contributed by atoms with van der Waals surface area (Å²) >= 11 is 6.06. The highest BCUT2D eigenvalue weighted by Gasteiger charge is 2.45. The van der Waals surface area contributed by atoms with E-state index < -0.39 is 35.1 Å². The normalized spacial score (nSPS) is 15.6. The van der Waals surface area contributed by atoms with Crippen LogP contribution in [0, 0.1) is 11.6 Å². The van der Waals surface area contributed by atoms with Crippen LogP contribution in [0.3, 0.4) is 0 Å². The third-order valence-corrected chi connectivity index (χ3v) is 6.91. The lowest BCUT2D eigenvalue weighted by atomic mass is 9.94. The topological polar surface area (TPSA) is 74.0 Å². The van der Waals surface area contributed by atoms with Crippen molar-refractivity contribution in [2.75, 3.05) is 22.9 Å². The highest BCUT2D eigenvalue weighted by molar-refractivity contribution is 6.31. The van der Waals surface area contributed by atoms with E-state index in [-0.39, 0.29) is 17.0 Å². The van der Waals surface area contributed by atoms with Gasteiger partial charge in [-0.1, -0.05) is 23.7 Å². The van der Waals surface area contributed by atoms with E-state index in [1.807, 2.05) is 26.0 Å². The van der Waals surface area contributed by atoms with E-state index in [2.05, 4.69) is 4.90 Å². The predicted molar refractivity (Wildman–Crippen MR) is 142 cm³/mol. The number of aliphatic hydroxyl groups excluding tert-OH is 1. The number of Topliss-reactive ketones (excluding diaryl/α,β-unsaturated/α-hetero) is 1. The van der Waals surface area contributed by atoms with Crippen LogP contribution in [0.4, 0.5) is 20.2 Å². The second-order valence-electron chi connectivity index (χ2n) is 8.82. The molecule has 194 valence electrons. The Bertz CT molecular complexity index is 1590. The zero-order valence-electron chi connectivity index (χ0n) is 20.5. The minimum Gasteiger partial charge on any atom is -0.503 e. The van der Waals surface area contributed by atoms with E-state index in [0.717, 1.165) is 35.8 Å². The Morgan fingerprint density at radius 1 is 1.00 bits per heavy atom. The molecular weight excluding hydrogens is 514 g/mol. The zero-order chi connectivity index (χ0) is 27.1. The van der Waals surface area contributed by atoms with Crippen LogP contribution in [0.2, 0.25) is 5.02 Å². The first-order chi connectivity index (χ1) is 18.2. The summed E-state index contributed by atoms with van der Waals surface area (Å²) in [5.41, 5.74) is 1.57. The average molecular weight is 537 g/mol. The monoisotopic (exact) mass is 536 g/mol. The summed E-state index contributed by atoms with van der Waals surface area (Å²) in [6.07, 6.45) is 0. The minimum atomic E-state index is -1.17. The van der Waals surface area contributed by atoms with Crippen molar-refractivity contribution in [2.24, 2.45) is 0 Å². The fraction of sp³-hybridized carbons (Fsp3) is 0.172. The second-order valence-corrected chi connectivity index (χ2v) is 9.26. The van der Waals surface area contributed by atoms with Gasteiger partial charge in [0, 0.05) is 40.9 Å². The number of hydrogen-bond donors (Lipinski definition) is 1. The van der Waals surface area contributed by atoms with Gasteiger partial charge in [0.2, 0.25) is 5.78 Å². The van der Waals surface area contributed by atoms with Crippen LogP contribution in [0.25, 0.3) is 11.0 Å². The molecule has 1 atom stereocenters. The van der Waals surface area contributed by atoms with Crippen LogP contribution >= 0.6 is 11.6 Å². The van der Waals surface area contributed by atoms with Gasteiger partial charge >= 0.3 is 0 Å². The first-order valence-electron chi connectivity index (χ1n) is 12.0. The molecule has 0 radical (unpaired) electrons. The number of anilines is 2. The molecule has 0 aliphatic carbocycles. The number of carbonyl (C=O) groups is 2. The van der Waals surface area contributed by atoms with Gasteiger partial charge in [-0.3, -0.25) is 14.5 Å². The van der Waals surface area contributed by atoms with Crippen molar-refractivity contribution >= 4 is 45.6 Å². The van der Waals surface area contributed by atoms with Crippen molar-refractivity contribution in [1.82, 2.24) is 0 Å². The smallest absolute Gasteiger partial charge is 0.294 e. The number of aliphatic hydroxyl groups is 1. The Morgan fingerprint density at radius 2 is 1.71 bits per heavy atom. The van der Waals surface area contributed by atoms with E-state index in [1.165, 1.54) is 12.1 Å². The molecule has 1 N–H and O–H groups in total. The number of halogens is 3. The molecule has 1 aliphatic heterocycles. The van der Waals surface area contributed by atoms with Gasteiger partial charge in [0.15, 0.2) is 23.2 Å². The molecule has 0 saturated heterocycles. The molecule has 9 heteroatoms. The van der Waals surface area contributed by atoms with Crippen LogP contribution in [0.15, 0.2) is 82.5 Å². The Hall–Kier alpha value is -4.17. The third kappa shape index (κ3) is 4.31. The zero-order valence-corrected chi connectivity index (χ0v) is 21.3. The number of hydrogen-bond acceptors (Lipinski definition) is 5. The van der Waals surface area contributed by atoms with Crippen molar-refractivity contribution in [3.63, 3.8) is 0 Å². The molecular formula is C29H23ClF2N2O4. The first-order valence-corrected chi connectivity index (χ1v) is 12.4. The largest absolute Gasteiger partial charge is 0.503 e. The predicted octanol–water partition coefficient (Wildman–Crippen LogP) is 6.99. The molecule has 4 aromatic rings. The summed E-state index contributed by atoms with van der Waals surface area (Å²) < 4.78 is 33.6. The highest BCUT2D eigenvalue weighted by Crippen LogP contribution is 2.43. The quantitative estimate of drug-likeness (QED) is 0.258. The maximum atomic E-state index is 14.2. The summed E-state index contributed by atoms with van der Waals surface area (Å²) in [7, 11) is 0. The Morgan fingerprint density at radius 3 is 2.37 bits per heavy atom. The fourth-order valence-electron chi connectivity index (χ4n) is 4.77. The van der Waals surface area contributed by atoms with Gasteiger partial charge in [-0.2, -0.15) is 0 Å². The number of benzene rings is 3. The van der Waals surface area contributed by atoms with Crippen molar-refractivity contribution in [3.8, 4) is 0 Å². The van der Waals surface area contributed by atoms with Crippen molar-refractivity contribution in [2.45, 2.75) is 19.9 Å². The van der Waals surface area contributed by atoms with Crippen LogP contribution in [-0.4, -0.2) is 29.9 Å². The number of ketones is 1. The van der Waals surface area contributed by atoms with Gasteiger partial charge in [0.1, 0.15) is 5.58 Å². The molecule has 38 heavy (non-hydrogen) atoms. The van der Waals surface area contributed by atoms with Crippen molar-refractivity contribution in [3.05, 3.63) is 106 Å². The van der Waals surface area contributed by atoms with Crippen molar-refractivity contribution < 1.29 is 27.9 Å². The summed E-state index contributed by atoms with van der Waals surface area (Å²) in [6.45, 7) is 5.60. The van der Waals surface area contributed by atoms with Crippen LogP contribution in [0.1, 0.15) is 36.0 Å². The van der Waals surface area contributed by atoms with Gasteiger partial charge in [-0.05, 0) is 67.9 Å². The molecule has 1 amide bonds. The van der Waals surface area contributed by atoms with Gasteiger partial charge in [0.05, 0.1) is 11.6 Å². The number of amides is 1. The Kier molecular flexibility index (Phi) is 6.67. The number of carbonyl (C=O) groups excluding carboxylic acids is 2. The number of rotatable bonds is 7. The lowest BCUT2D eigenvalue weighted by Gasteiger charge is -2.28. The van der Waals surface area contributed by atoms with Crippen LogP contribution in [0.5, 0.6) is 0 Å². The summed E-state index contributed by atoms with van der Waals surface area (Å²) in [4.78, 5) is 30.3. The van der Waals surface area contributed by atoms with Gasteiger partial charge in [-0.25, -0.2) is 8.78 Å². The molecule has 3 aromatic carbocycles. The summed E-state index contributed by atoms with van der Waals surface area (Å²) in [5.74, 6) is -4.79. The fourth-order valence-corrected chi connectivity index (χ4v) is 4.95. The molecule has 6 nitrogen and oxygen atoms in total. The SMILES string of the molecule is CCN(CC)c1ccc(C2C(C(=O)c3cc4cc(Cl)ccc4o3)=C(O)C(=O)N2c2ccc(F)c(F)c2)cc1. The van der Waals surface area contributed by atoms with E-state index >= 15 is 0 Å². The molecule has 0 fully saturated rings. The maximum absolute atomic E-state index is 14.2. The lowest BCUT2D eigenvalue weighted by molar-refractivity contribution is -0.117. The van der Waals surface area contributed by atoms with Gasteiger partial charge in [-0.15, -0.1) is 0 Å². The molecule has 1 aromatic heterocycles. The van der Waals surface area contributed by atoms with Crippen molar-refractivity contribution in [1.29, 1.82) is 0 Å². The molecule has 2 heterocycles. The molecule has 5 rings (SSSR count). The molecule has 1 unspecified atom stereocenters. The maximum Gasteiger partial charge on any atom is 0.294 e. The van der Waals surface area contributed by atoms with E-state index in [1.54, 1.807) is 30.3 Å². The average Bonchev–Trinajstić information content (AvgIpc) is 3.45. The lowest BCUT2D eigenvalue weighted by Crippen LogP contribution is -2.31. The minimum absolute atomic E-state index is 0.0162. The Labute approximate surface area is 222 Å². The van der Waals surface area contributed by atoms with Crippen LogP contribution < -0.4 is 9.80 Å². The molecule has 0 bridgehead atoms. The van der Waals surface area contributed by atoms with Gasteiger partial charge < -0.3 is 14.4 Å². The number of nitrogens with zero attached hydrogens (tertiary/aromatic N) is 2. The molecule has 0 saturated carbocycles. The standard InChI is InChI=1S/C29H23ClF2N2O4/c1-3-33(4-2)19-8-5-16(6-9-19)26-25(27(35)24-14-17-13-18(30)7-12-23(17)38-24)28(36)29(37)34(26)20-10-11-21(31)22(32)15-20/h5-15,26,36H,3-4H2,1-2H3. The summed E-state index contributed by atoms with van der Waals surface area (Å²) in [6, 6.07) is 15.3. The Balaban J connectivity index is 1.64. The third-order valence-electron chi connectivity index (χ3n) is 6.67. The van der Waals surface area contributed by atoms with E-state index in [4.69, 9.17) is 16.0 Å². The summed E-state index contributed by atoms with van der Waals surface area (Å²) in [5, 5.41) is 12.0. The highest BCUT2D eigenvalue weighted by atomic mass is 35.5. The molecule has 0 spiro atoms. The van der Waals surface area contributed by atoms with E-state index in [9.17, 15) is 23.5 Å². The first kappa shape index (κ1) is 25.5. The van der Waals surface area contributed by atoms with Crippen LogP contribution in [-0.2, 0) is 4.79 Å². The second kappa shape index (κ2) is 9.95. The molecule has 1 aliphatic rings.